The number of rotatable bonds is 5. The zero-order chi connectivity index (χ0) is 11.1. The van der Waals surface area contributed by atoms with Crippen LogP contribution in [0.5, 0.6) is 0 Å². The lowest BCUT2D eigenvalue weighted by Gasteiger charge is -2.03. The quantitative estimate of drug-likeness (QED) is 0.720. The van der Waals surface area contributed by atoms with Crippen LogP contribution in [0.1, 0.15) is 10.5 Å². The molecule has 1 aromatic rings. The van der Waals surface area contributed by atoms with E-state index in [1.165, 1.54) is 0 Å². The topological polar surface area (TPSA) is 66.9 Å². The van der Waals surface area contributed by atoms with Crippen molar-refractivity contribution in [3.63, 3.8) is 0 Å². The van der Waals surface area contributed by atoms with Gasteiger partial charge < -0.3 is 10.6 Å². The molecule has 0 unspecified atom stereocenters. The third kappa shape index (κ3) is 3.75. The van der Waals surface area contributed by atoms with Crippen LogP contribution in [0.25, 0.3) is 0 Å². The van der Waals surface area contributed by atoms with Crippen LogP contribution in [0.2, 0.25) is 0 Å². The van der Waals surface area contributed by atoms with Crippen LogP contribution in [0.3, 0.4) is 0 Å². The maximum absolute atomic E-state index is 11.5. The second-order valence-corrected chi connectivity index (χ2v) is 3.79. The molecule has 0 saturated heterocycles. The van der Waals surface area contributed by atoms with Crippen molar-refractivity contribution in [2.45, 2.75) is 0 Å². The van der Waals surface area contributed by atoms with Gasteiger partial charge in [-0.15, -0.1) is 10.2 Å². The van der Waals surface area contributed by atoms with Gasteiger partial charge in [-0.05, 0) is 18.4 Å². The second-order valence-electron chi connectivity index (χ2n) is 2.80. The SMILES string of the molecule is CNc1ccc(C(=O)NCCSC)nn1. The molecule has 1 heterocycles. The maximum atomic E-state index is 11.5. The Morgan fingerprint density at radius 3 is 2.80 bits per heavy atom. The first-order chi connectivity index (χ1) is 7.27. The fraction of sp³-hybridized carbons (Fsp3) is 0.444. The molecule has 1 amide bonds. The summed E-state index contributed by atoms with van der Waals surface area (Å²) in [6.07, 6.45) is 1.99. The van der Waals surface area contributed by atoms with Crippen molar-refractivity contribution in [2.24, 2.45) is 0 Å². The Labute approximate surface area is 93.0 Å². The molecule has 0 fully saturated rings. The lowest BCUT2D eigenvalue weighted by Crippen LogP contribution is -2.26. The number of aromatic nitrogens is 2. The molecule has 0 aliphatic heterocycles. The lowest BCUT2D eigenvalue weighted by molar-refractivity contribution is 0.0950. The zero-order valence-electron chi connectivity index (χ0n) is 8.78. The van der Waals surface area contributed by atoms with Gasteiger partial charge in [-0.25, -0.2) is 0 Å². The minimum absolute atomic E-state index is 0.181. The van der Waals surface area contributed by atoms with Crippen LogP contribution in [-0.2, 0) is 0 Å². The van der Waals surface area contributed by atoms with Gasteiger partial charge in [-0.3, -0.25) is 4.79 Å². The van der Waals surface area contributed by atoms with Crippen molar-refractivity contribution in [3.05, 3.63) is 17.8 Å². The molecule has 15 heavy (non-hydrogen) atoms. The highest BCUT2D eigenvalue weighted by Gasteiger charge is 2.06. The van der Waals surface area contributed by atoms with Crippen molar-refractivity contribution in [3.8, 4) is 0 Å². The molecule has 1 aromatic heterocycles. The third-order valence-electron chi connectivity index (χ3n) is 1.75. The second kappa shape index (κ2) is 6.23. The normalized spacial score (nSPS) is 9.73. The van der Waals surface area contributed by atoms with Gasteiger partial charge in [0.05, 0.1) is 0 Å². The van der Waals surface area contributed by atoms with Crippen LogP contribution >= 0.6 is 11.8 Å². The Bertz CT molecular complexity index is 314. The molecule has 5 nitrogen and oxygen atoms in total. The van der Waals surface area contributed by atoms with E-state index in [4.69, 9.17) is 0 Å². The molecule has 0 bridgehead atoms. The number of nitrogens with zero attached hydrogens (tertiary/aromatic N) is 2. The summed E-state index contributed by atoms with van der Waals surface area (Å²) in [6, 6.07) is 3.36. The summed E-state index contributed by atoms with van der Waals surface area (Å²) in [7, 11) is 1.75. The Morgan fingerprint density at radius 1 is 1.47 bits per heavy atom. The molecule has 0 saturated carbocycles. The third-order valence-corrected chi connectivity index (χ3v) is 2.36. The van der Waals surface area contributed by atoms with Crippen molar-refractivity contribution >= 4 is 23.5 Å². The maximum Gasteiger partial charge on any atom is 0.271 e. The minimum Gasteiger partial charge on any atom is -0.372 e. The van der Waals surface area contributed by atoms with E-state index in [2.05, 4.69) is 20.8 Å². The molecule has 0 atom stereocenters. The van der Waals surface area contributed by atoms with E-state index >= 15 is 0 Å². The molecule has 0 aliphatic carbocycles. The van der Waals surface area contributed by atoms with Gasteiger partial charge in [0.15, 0.2) is 5.69 Å². The van der Waals surface area contributed by atoms with E-state index in [-0.39, 0.29) is 5.91 Å². The van der Waals surface area contributed by atoms with Crippen LogP contribution in [0.4, 0.5) is 5.82 Å². The van der Waals surface area contributed by atoms with E-state index in [1.807, 2.05) is 6.26 Å². The predicted molar refractivity (Wildman–Crippen MR) is 62.3 cm³/mol. The Morgan fingerprint density at radius 2 is 2.27 bits per heavy atom. The standard InChI is InChI=1S/C9H14N4OS/c1-10-8-4-3-7(12-13-8)9(14)11-5-6-15-2/h3-4H,5-6H2,1-2H3,(H,10,13)(H,11,14). The number of anilines is 1. The van der Waals surface area contributed by atoms with E-state index in [0.717, 1.165) is 5.75 Å². The largest absolute Gasteiger partial charge is 0.372 e. The highest BCUT2D eigenvalue weighted by Crippen LogP contribution is 2.00. The highest BCUT2D eigenvalue weighted by atomic mass is 32.2. The molecule has 1 rings (SSSR count). The number of amides is 1. The summed E-state index contributed by atoms with van der Waals surface area (Å²) >= 11 is 1.68. The summed E-state index contributed by atoms with van der Waals surface area (Å²) in [5.74, 6) is 1.36. The van der Waals surface area contributed by atoms with Crippen molar-refractivity contribution in [2.75, 3.05) is 30.9 Å². The minimum atomic E-state index is -0.181. The molecule has 82 valence electrons. The highest BCUT2D eigenvalue weighted by molar-refractivity contribution is 7.98. The number of carbonyl (C=O) groups excluding carboxylic acids is 1. The van der Waals surface area contributed by atoms with Gasteiger partial charge in [0, 0.05) is 19.3 Å². The number of hydrogen-bond donors (Lipinski definition) is 2. The average molecular weight is 226 g/mol. The van der Waals surface area contributed by atoms with E-state index in [1.54, 1.807) is 30.9 Å². The summed E-state index contributed by atoms with van der Waals surface area (Å²) in [5, 5.41) is 13.2. The van der Waals surface area contributed by atoms with Crippen molar-refractivity contribution < 1.29 is 4.79 Å². The molecule has 0 spiro atoms. The summed E-state index contributed by atoms with van der Waals surface area (Å²) < 4.78 is 0. The van der Waals surface area contributed by atoms with Crippen LogP contribution in [0.15, 0.2) is 12.1 Å². The van der Waals surface area contributed by atoms with Crippen LogP contribution in [0, 0.1) is 0 Å². The van der Waals surface area contributed by atoms with E-state index < -0.39 is 0 Å². The van der Waals surface area contributed by atoms with Gasteiger partial charge in [0.1, 0.15) is 5.82 Å². The zero-order valence-corrected chi connectivity index (χ0v) is 9.60. The lowest BCUT2D eigenvalue weighted by atomic mass is 10.3. The van der Waals surface area contributed by atoms with Crippen LogP contribution in [-0.4, -0.2) is 41.7 Å². The molecule has 0 aliphatic rings. The fourth-order valence-corrected chi connectivity index (χ4v) is 1.25. The number of hydrogen-bond acceptors (Lipinski definition) is 5. The Balaban J connectivity index is 2.50. The monoisotopic (exact) mass is 226 g/mol. The first kappa shape index (κ1) is 11.8. The number of carbonyl (C=O) groups is 1. The molecule has 2 N–H and O–H groups in total. The van der Waals surface area contributed by atoms with Crippen LogP contribution < -0.4 is 10.6 Å². The van der Waals surface area contributed by atoms with E-state index in [0.29, 0.717) is 18.1 Å². The molecular formula is C9H14N4OS. The molecule has 0 radical (unpaired) electrons. The predicted octanol–water partition coefficient (Wildman–Crippen LogP) is 0.611. The van der Waals surface area contributed by atoms with Gasteiger partial charge in [-0.1, -0.05) is 0 Å². The first-order valence-corrected chi connectivity index (χ1v) is 5.96. The molecular weight excluding hydrogens is 212 g/mol. The van der Waals surface area contributed by atoms with Crippen molar-refractivity contribution in [1.29, 1.82) is 0 Å². The van der Waals surface area contributed by atoms with Crippen molar-refractivity contribution in [1.82, 2.24) is 15.5 Å². The van der Waals surface area contributed by atoms with Gasteiger partial charge in [-0.2, -0.15) is 11.8 Å². The van der Waals surface area contributed by atoms with Gasteiger partial charge in [0.2, 0.25) is 0 Å². The summed E-state index contributed by atoms with van der Waals surface area (Å²) in [6.45, 7) is 0.648. The smallest absolute Gasteiger partial charge is 0.271 e. The summed E-state index contributed by atoms with van der Waals surface area (Å²) in [5.41, 5.74) is 0.343. The fourth-order valence-electron chi connectivity index (χ4n) is 0.944. The molecule has 0 aromatic carbocycles. The summed E-state index contributed by atoms with van der Waals surface area (Å²) in [4.78, 5) is 11.5. The van der Waals surface area contributed by atoms with Gasteiger partial charge >= 0.3 is 0 Å². The van der Waals surface area contributed by atoms with E-state index in [9.17, 15) is 4.79 Å². The van der Waals surface area contributed by atoms with Gasteiger partial charge in [0.25, 0.3) is 5.91 Å². The molecule has 6 heteroatoms. The number of nitrogens with one attached hydrogen (secondary N) is 2. The Kier molecular flexibility index (Phi) is 4.89. The average Bonchev–Trinajstić information content (AvgIpc) is 2.29. The number of thioether (sulfide) groups is 1. The Hall–Kier alpha value is -1.30. The first-order valence-electron chi connectivity index (χ1n) is 4.56.